The van der Waals surface area contributed by atoms with Gasteiger partial charge in [-0.3, -0.25) is 4.79 Å². The first kappa shape index (κ1) is 15.0. The number of aromatic amines is 1. The number of nitrogens with one attached hydrogen (secondary N) is 2. The zero-order valence-electron chi connectivity index (χ0n) is 12.9. The first-order valence-electron chi connectivity index (χ1n) is 7.49. The van der Waals surface area contributed by atoms with Gasteiger partial charge in [0.2, 0.25) is 6.79 Å². The van der Waals surface area contributed by atoms with Crippen molar-refractivity contribution in [3.05, 3.63) is 48.3 Å². The minimum Gasteiger partial charge on any atom is -0.454 e. The van der Waals surface area contributed by atoms with Gasteiger partial charge in [0.1, 0.15) is 0 Å². The molecule has 25 heavy (non-hydrogen) atoms. The Morgan fingerprint density at radius 2 is 2.04 bits per heavy atom. The molecule has 2 aromatic carbocycles. The number of amides is 1. The van der Waals surface area contributed by atoms with Gasteiger partial charge in [0.05, 0.1) is 22.9 Å². The number of nitrogens with zero attached hydrogens (tertiary/aromatic N) is 1. The molecule has 0 atom stereocenters. The second-order valence-electron chi connectivity index (χ2n) is 5.33. The number of hydrogen-bond acceptors (Lipinski definition) is 6. The number of ether oxygens (including phenoxy) is 3. The molecule has 2 heterocycles. The molecular weight excluding hydrogens is 326 g/mol. The van der Waals surface area contributed by atoms with Crippen LogP contribution in [0.3, 0.4) is 0 Å². The normalized spacial score (nSPS) is 12.2. The van der Waals surface area contributed by atoms with Gasteiger partial charge in [0.15, 0.2) is 18.1 Å². The number of rotatable bonds is 4. The van der Waals surface area contributed by atoms with Crippen LogP contribution in [0.25, 0.3) is 11.0 Å². The Bertz CT molecular complexity index is 966. The van der Waals surface area contributed by atoms with Crippen LogP contribution < -0.4 is 14.8 Å². The highest BCUT2D eigenvalue weighted by Crippen LogP contribution is 2.34. The highest BCUT2D eigenvalue weighted by molar-refractivity contribution is 5.97. The number of carbonyl (C=O) groups is 2. The van der Waals surface area contributed by atoms with Gasteiger partial charge < -0.3 is 24.5 Å². The van der Waals surface area contributed by atoms with Crippen molar-refractivity contribution >= 4 is 28.6 Å². The average Bonchev–Trinajstić information content (AvgIpc) is 3.27. The van der Waals surface area contributed by atoms with Crippen LogP contribution in [0.2, 0.25) is 0 Å². The minimum atomic E-state index is -0.586. The standard InChI is InChI=1S/C17H13N3O5/c21-16(20-11-2-4-14-15(6-11)25-9-24-14)7-23-17(22)10-1-3-12-13(5-10)19-8-18-12/h1-6,8H,7,9H2,(H,18,19)(H,20,21). The number of imidazole rings is 1. The maximum atomic E-state index is 12.0. The lowest BCUT2D eigenvalue weighted by atomic mass is 10.2. The third-order valence-corrected chi connectivity index (χ3v) is 3.65. The Labute approximate surface area is 141 Å². The number of H-pyrrole nitrogens is 1. The van der Waals surface area contributed by atoms with E-state index in [1.807, 2.05) is 0 Å². The van der Waals surface area contributed by atoms with E-state index in [-0.39, 0.29) is 6.79 Å². The van der Waals surface area contributed by atoms with Crippen molar-refractivity contribution in [3.8, 4) is 11.5 Å². The molecule has 0 saturated carbocycles. The number of hydrogen-bond donors (Lipinski definition) is 2. The maximum absolute atomic E-state index is 12.0. The average molecular weight is 339 g/mol. The summed E-state index contributed by atoms with van der Waals surface area (Å²) in [4.78, 5) is 31.0. The first-order chi connectivity index (χ1) is 12.2. The maximum Gasteiger partial charge on any atom is 0.338 e. The number of benzene rings is 2. The summed E-state index contributed by atoms with van der Waals surface area (Å²) in [6.45, 7) is -0.237. The molecule has 126 valence electrons. The molecule has 0 radical (unpaired) electrons. The second kappa shape index (κ2) is 6.16. The van der Waals surface area contributed by atoms with Crippen molar-refractivity contribution in [1.29, 1.82) is 0 Å². The quantitative estimate of drug-likeness (QED) is 0.706. The van der Waals surface area contributed by atoms with Crippen LogP contribution in [0.1, 0.15) is 10.4 Å². The molecule has 3 aromatic rings. The van der Waals surface area contributed by atoms with Gasteiger partial charge in [-0.15, -0.1) is 0 Å². The van der Waals surface area contributed by atoms with E-state index in [0.29, 0.717) is 22.7 Å². The third-order valence-electron chi connectivity index (χ3n) is 3.65. The fraction of sp³-hybridized carbons (Fsp3) is 0.118. The zero-order valence-corrected chi connectivity index (χ0v) is 12.9. The molecule has 0 unspecified atom stereocenters. The van der Waals surface area contributed by atoms with Gasteiger partial charge in [-0.1, -0.05) is 0 Å². The molecular formula is C17H13N3O5. The Hall–Kier alpha value is -3.55. The largest absolute Gasteiger partial charge is 0.454 e. The summed E-state index contributed by atoms with van der Waals surface area (Å²) in [5.74, 6) is 0.147. The summed E-state index contributed by atoms with van der Waals surface area (Å²) >= 11 is 0. The lowest BCUT2D eigenvalue weighted by Crippen LogP contribution is -2.20. The van der Waals surface area contributed by atoms with Crippen molar-refractivity contribution in [3.63, 3.8) is 0 Å². The van der Waals surface area contributed by atoms with Crippen LogP contribution in [-0.2, 0) is 9.53 Å². The molecule has 1 aromatic heterocycles. The number of carbonyl (C=O) groups excluding carboxylic acids is 2. The van der Waals surface area contributed by atoms with Crippen LogP contribution >= 0.6 is 0 Å². The van der Waals surface area contributed by atoms with Gasteiger partial charge in [-0.25, -0.2) is 9.78 Å². The molecule has 0 bridgehead atoms. The van der Waals surface area contributed by atoms with Crippen molar-refractivity contribution in [1.82, 2.24) is 9.97 Å². The van der Waals surface area contributed by atoms with Crippen LogP contribution in [0.4, 0.5) is 5.69 Å². The van der Waals surface area contributed by atoms with E-state index in [2.05, 4.69) is 15.3 Å². The van der Waals surface area contributed by atoms with E-state index in [1.165, 1.54) is 0 Å². The van der Waals surface area contributed by atoms with E-state index < -0.39 is 18.5 Å². The molecule has 1 aliphatic heterocycles. The monoisotopic (exact) mass is 339 g/mol. The summed E-state index contributed by atoms with van der Waals surface area (Å²) in [6, 6.07) is 9.95. The fourth-order valence-corrected chi connectivity index (χ4v) is 2.45. The fourth-order valence-electron chi connectivity index (χ4n) is 2.45. The highest BCUT2D eigenvalue weighted by atomic mass is 16.7. The van der Waals surface area contributed by atoms with E-state index >= 15 is 0 Å². The van der Waals surface area contributed by atoms with Crippen molar-refractivity contribution in [2.75, 3.05) is 18.7 Å². The first-order valence-corrected chi connectivity index (χ1v) is 7.49. The molecule has 0 saturated heterocycles. The van der Waals surface area contributed by atoms with Crippen LogP contribution in [-0.4, -0.2) is 35.2 Å². The smallest absolute Gasteiger partial charge is 0.338 e. The summed E-state index contributed by atoms with van der Waals surface area (Å²) < 4.78 is 15.5. The Kier molecular flexibility index (Phi) is 3.70. The molecule has 8 heteroatoms. The van der Waals surface area contributed by atoms with Crippen molar-refractivity contribution in [2.24, 2.45) is 0 Å². The molecule has 1 amide bonds. The summed E-state index contributed by atoms with van der Waals surface area (Å²) in [7, 11) is 0. The second-order valence-corrected chi connectivity index (χ2v) is 5.33. The van der Waals surface area contributed by atoms with Crippen LogP contribution in [0.5, 0.6) is 11.5 Å². The molecule has 0 aliphatic carbocycles. The molecule has 1 aliphatic rings. The SMILES string of the molecule is O=C(COC(=O)c1ccc2nc[nH]c2c1)Nc1ccc2c(c1)OCO2. The van der Waals surface area contributed by atoms with Crippen LogP contribution in [0.15, 0.2) is 42.7 Å². The Morgan fingerprint density at radius 1 is 1.16 bits per heavy atom. The van der Waals surface area contributed by atoms with Gasteiger partial charge >= 0.3 is 5.97 Å². The molecule has 4 rings (SSSR count). The molecule has 8 nitrogen and oxygen atoms in total. The number of esters is 1. The summed E-state index contributed by atoms with van der Waals surface area (Å²) in [6.07, 6.45) is 1.54. The number of anilines is 1. The zero-order chi connectivity index (χ0) is 17.2. The summed E-state index contributed by atoms with van der Waals surface area (Å²) in [5.41, 5.74) is 2.34. The molecule has 0 spiro atoms. The third kappa shape index (κ3) is 3.09. The van der Waals surface area contributed by atoms with Crippen molar-refractivity contribution in [2.45, 2.75) is 0 Å². The Balaban J connectivity index is 1.35. The number of fused-ring (bicyclic) bond motifs is 2. The topological polar surface area (TPSA) is 103 Å². The summed E-state index contributed by atoms with van der Waals surface area (Å²) in [5, 5.41) is 2.64. The predicted molar refractivity (Wildman–Crippen MR) is 87.6 cm³/mol. The van der Waals surface area contributed by atoms with Gasteiger partial charge in [0, 0.05) is 11.8 Å². The van der Waals surface area contributed by atoms with Gasteiger partial charge in [0.25, 0.3) is 5.91 Å². The molecule has 2 N–H and O–H groups in total. The Morgan fingerprint density at radius 3 is 2.96 bits per heavy atom. The van der Waals surface area contributed by atoms with E-state index in [0.717, 1.165) is 11.0 Å². The lowest BCUT2D eigenvalue weighted by Gasteiger charge is -2.07. The number of aromatic nitrogens is 2. The van der Waals surface area contributed by atoms with Crippen LogP contribution in [0, 0.1) is 0 Å². The van der Waals surface area contributed by atoms with Crippen molar-refractivity contribution < 1.29 is 23.8 Å². The lowest BCUT2D eigenvalue weighted by molar-refractivity contribution is -0.119. The van der Waals surface area contributed by atoms with Gasteiger partial charge in [-0.2, -0.15) is 0 Å². The minimum absolute atomic E-state index is 0.158. The molecule has 0 fully saturated rings. The van der Waals surface area contributed by atoms with Gasteiger partial charge in [-0.05, 0) is 30.3 Å². The van der Waals surface area contributed by atoms with E-state index in [4.69, 9.17) is 14.2 Å². The predicted octanol–water partition coefficient (Wildman–Crippen LogP) is 2.09. The highest BCUT2D eigenvalue weighted by Gasteiger charge is 2.15. The van der Waals surface area contributed by atoms with E-state index in [1.54, 1.807) is 42.7 Å². The van der Waals surface area contributed by atoms with E-state index in [9.17, 15) is 9.59 Å².